The SMILES string of the molecule is CC[C@H]1OC(=O)[C@H](C)[C@@H](O[C@H]2C[C@@](C)(OC)[C@@H](O)[C@H](C)O2)[C@H](C)[C@@H](O[C@@H]2O[C@H](C)CC(N(C)C)[C@H]2O)C(C)(O)C[C@@H](C)/C(=N\OCCNCCCCCCNCc2nccs2)[C@H](C)[C@@H](O)[C@]1(C)O. The second-order valence-corrected chi connectivity index (χ2v) is 21.7. The first-order valence-corrected chi connectivity index (χ1v) is 25.9. The summed E-state index contributed by atoms with van der Waals surface area (Å²) in [4.78, 5) is 26.6. The van der Waals surface area contributed by atoms with Crippen molar-refractivity contribution in [1.82, 2.24) is 20.5 Å². The molecule has 19 heteroatoms. The summed E-state index contributed by atoms with van der Waals surface area (Å²) >= 11 is 1.65. The summed E-state index contributed by atoms with van der Waals surface area (Å²) in [6.45, 7) is 20.6. The zero-order valence-electron chi connectivity index (χ0n) is 43.3. The summed E-state index contributed by atoms with van der Waals surface area (Å²) in [5.74, 6) is -4.02. The number of hydrogen-bond donors (Lipinski definition) is 7. The molecule has 0 bridgehead atoms. The van der Waals surface area contributed by atoms with E-state index in [1.54, 1.807) is 59.8 Å². The number of rotatable bonds is 20. The molecule has 3 saturated heterocycles. The van der Waals surface area contributed by atoms with Gasteiger partial charge in [0, 0.05) is 62.0 Å². The lowest BCUT2D eigenvalue weighted by Gasteiger charge is -2.49. The van der Waals surface area contributed by atoms with E-state index in [1.165, 1.54) is 14.0 Å². The summed E-state index contributed by atoms with van der Waals surface area (Å²) in [6.07, 6.45) is -3.18. The second-order valence-electron chi connectivity index (χ2n) is 20.7. The Balaban J connectivity index is 1.62. The smallest absolute Gasteiger partial charge is 0.311 e. The van der Waals surface area contributed by atoms with Gasteiger partial charge in [-0.3, -0.25) is 4.79 Å². The van der Waals surface area contributed by atoms with Crippen LogP contribution in [0.5, 0.6) is 0 Å². The van der Waals surface area contributed by atoms with Gasteiger partial charge in [-0.05, 0) is 101 Å². The van der Waals surface area contributed by atoms with Crippen molar-refractivity contribution >= 4 is 23.0 Å². The van der Waals surface area contributed by atoms with Gasteiger partial charge in [-0.25, -0.2) is 4.98 Å². The van der Waals surface area contributed by atoms with E-state index < -0.39 is 102 Å². The molecule has 3 aliphatic heterocycles. The summed E-state index contributed by atoms with van der Waals surface area (Å²) in [6, 6.07) is -0.323. The maximum absolute atomic E-state index is 14.5. The molecule has 0 aliphatic carbocycles. The lowest BCUT2D eigenvalue weighted by atomic mass is 9.73. The van der Waals surface area contributed by atoms with Crippen LogP contribution in [-0.2, 0) is 44.6 Å². The maximum Gasteiger partial charge on any atom is 0.311 e. The van der Waals surface area contributed by atoms with Gasteiger partial charge in [-0.15, -0.1) is 11.3 Å². The third-order valence-electron chi connectivity index (χ3n) is 14.6. The zero-order valence-corrected chi connectivity index (χ0v) is 44.1. The molecular formula is C49H89N5O13S. The largest absolute Gasteiger partial charge is 0.459 e. The Hall–Kier alpha value is -1.95. The van der Waals surface area contributed by atoms with Crippen molar-refractivity contribution in [2.75, 3.05) is 47.4 Å². The van der Waals surface area contributed by atoms with Gasteiger partial charge in [0.05, 0.1) is 53.4 Å². The molecule has 68 heavy (non-hydrogen) atoms. The van der Waals surface area contributed by atoms with Crippen LogP contribution in [0.15, 0.2) is 16.7 Å². The molecule has 18 atom stereocenters. The molecule has 18 nitrogen and oxygen atoms in total. The number of nitrogens with zero attached hydrogens (tertiary/aromatic N) is 3. The Kier molecular flexibility index (Phi) is 23.0. The zero-order chi connectivity index (χ0) is 50.6. The van der Waals surface area contributed by atoms with Gasteiger partial charge in [-0.2, -0.15) is 0 Å². The Morgan fingerprint density at radius 2 is 1.59 bits per heavy atom. The van der Waals surface area contributed by atoms with E-state index in [0.29, 0.717) is 18.7 Å². The van der Waals surface area contributed by atoms with Crippen molar-refractivity contribution in [3.8, 4) is 0 Å². The number of aliphatic hydroxyl groups excluding tert-OH is 3. The fraction of sp³-hybridized carbons (Fsp3) is 0.898. The number of thiazole rings is 1. The van der Waals surface area contributed by atoms with Crippen molar-refractivity contribution in [3.63, 3.8) is 0 Å². The van der Waals surface area contributed by atoms with Crippen LogP contribution in [0.3, 0.4) is 0 Å². The number of carbonyl (C=O) groups is 1. The second kappa shape index (κ2) is 26.7. The minimum Gasteiger partial charge on any atom is -0.459 e. The maximum atomic E-state index is 14.5. The van der Waals surface area contributed by atoms with E-state index in [1.807, 2.05) is 44.4 Å². The normalized spacial score (nSPS) is 40.8. The molecule has 0 amide bonds. The number of aromatic nitrogens is 1. The topological polar surface area (TPSA) is 235 Å². The fourth-order valence-corrected chi connectivity index (χ4v) is 10.9. The molecule has 0 saturated carbocycles. The molecular weight excluding hydrogens is 899 g/mol. The van der Waals surface area contributed by atoms with Crippen molar-refractivity contribution in [2.24, 2.45) is 28.8 Å². The van der Waals surface area contributed by atoms with Gasteiger partial charge in [-0.1, -0.05) is 45.7 Å². The average Bonchev–Trinajstić information content (AvgIpc) is 3.81. The van der Waals surface area contributed by atoms with Gasteiger partial charge in [0.1, 0.15) is 35.5 Å². The molecule has 0 aromatic carbocycles. The van der Waals surface area contributed by atoms with Crippen LogP contribution in [0.1, 0.15) is 126 Å². The molecule has 1 aromatic rings. The lowest BCUT2D eigenvalue weighted by molar-refractivity contribution is -0.317. The van der Waals surface area contributed by atoms with E-state index in [-0.39, 0.29) is 38.0 Å². The number of nitrogens with one attached hydrogen (secondary N) is 2. The summed E-state index contributed by atoms with van der Waals surface area (Å²) in [7, 11) is 5.26. The number of esters is 1. The molecule has 3 aliphatic rings. The van der Waals surface area contributed by atoms with Gasteiger partial charge in [0.15, 0.2) is 12.6 Å². The third-order valence-corrected chi connectivity index (χ3v) is 15.4. The highest BCUT2D eigenvalue weighted by Crippen LogP contribution is 2.41. The molecule has 394 valence electrons. The number of oxime groups is 1. The van der Waals surface area contributed by atoms with E-state index in [4.69, 9.17) is 33.3 Å². The number of unbranched alkanes of at least 4 members (excludes halogenated alkanes) is 3. The molecule has 0 spiro atoms. The predicted octanol–water partition coefficient (Wildman–Crippen LogP) is 3.99. The van der Waals surface area contributed by atoms with Crippen molar-refractivity contribution in [2.45, 2.75) is 211 Å². The minimum absolute atomic E-state index is 0.00519. The predicted molar refractivity (Wildman–Crippen MR) is 260 cm³/mol. The molecule has 7 N–H and O–H groups in total. The average molecular weight is 988 g/mol. The highest BCUT2D eigenvalue weighted by Gasteiger charge is 2.53. The Labute approximate surface area is 410 Å². The molecule has 0 radical (unpaired) electrons. The highest BCUT2D eigenvalue weighted by molar-refractivity contribution is 7.09. The number of aliphatic hydroxyl groups is 5. The number of likely N-dealkylation sites (N-methyl/N-ethyl adjacent to an activating group) is 1. The van der Waals surface area contributed by atoms with Gasteiger partial charge in [0.25, 0.3) is 0 Å². The van der Waals surface area contributed by atoms with E-state index in [0.717, 1.165) is 50.3 Å². The third kappa shape index (κ3) is 15.5. The number of ether oxygens (including phenoxy) is 6. The van der Waals surface area contributed by atoms with Crippen LogP contribution < -0.4 is 10.6 Å². The number of hydrogen-bond acceptors (Lipinski definition) is 19. The van der Waals surface area contributed by atoms with Crippen LogP contribution in [0.4, 0.5) is 0 Å². The Bertz CT molecular complexity index is 1660. The van der Waals surface area contributed by atoms with Crippen LogP contribution in [0.2, 0.25) is 0 Å². The summed E-state index contributed by atoms with van der Waals surface area (Å²) in [5.41, 5.74) is -4.37. The Morgan fingerprint density at radius 3 is 2.21 bits per heavy atom. The van der Waals surface area contributed by atoms with E-state index in [9.17, 15) is 30.3 Å². The first-order valence-electron chi connectivity index (χ1n) is 25.0. The Morgan fingerprint density at radius 1 is 0.912 bits per heavy atom. The highest BCUT2D eigenvalue weighted by atomic mass is 32.1. The van der Waals surface area contributed by atoms with Crippen LogP contribution in [0, 0.1) is 23.7 Å². The summed E-state index contributed by atoms with van der Waals surface area (Å²) < 4.78 is 38.0. The molecule has 2 unspecified atom stereocenters. The molecule has 4 rings (SSSR count). The fourth-order valence-electron chi connectivity index (χ4n) is 10.3. The van der Waals surface area contributed by atoms with Gasteiger partial charge < -0.3 is 74.3 Å². The number of carbonyl (C=O) groups excluding carboxylic acids is 1. The summed E-state index contributed by atoms with van der Waals surface area (Å²) in [5, 5.41) is 74.4. The standard InChI is InChI=1S/C49H89N5O13S/c1-14-36-49(10,60)42(56)31(4)39(53-62-23-21-50-19-17-15-16-18-20-51-28-37-52-22-24-68-37)29(2)26-47(8,59)44(67-46-40(55)35(54(11)12)25-30(3)63-46)32(5)41(33(6)45(58)65-36)66-38-27-48(9,61-13)43(57)34(7)64-38/h22,24,29-36,38,40-44,46,50-51,55-57,59-60H,14-21,23,25-28H2,1-13H3/b53-39+/t29-,30-,31+,32+,33-,34+,35?,36-,38+,40-,41+,42-,43+,44-,46+,47?,48-,49-/m1/s1. The van der Waals surface area contributed by atoms with Crippen LogP contribution >= 0.6 is 11.3 Å². The van der Waals surface area contributed by atoms with Crippen molar-refractivity contribution < 1.29 is 63.6 Å². The molecule has 1 aromatic heterocycles. The molecule has 4 heterocycles. The van der Waals surface area contributed by atoms with E-state index in [2.05, 4.69) is 20.8 Å². The van der Waals surface area contributed by atoms with Gasteiger partial charge in [0.2, 0.25) is 0 Å². The van der Waals surface area contributed by atoms with Crippen LogP contribution in [0.25, 0.3) is 0 Å². The molecule has 3 fully saturated rings. The first kappa shape index (κ1) is 58.6. The van der Waals surface area contributed by atoms with Crippen LogP contribution in [-0.4, -0.2) is 179 Å². The number of methoxy groups -OCH3 is 1. The quantitative estimate of drug-likeness (QED) is 0.0556. The van der Waals surface area contributed by atoms with Crippen molar-refractivity contribution in [1.29, 1.82) is 0 Å². The number of cyclic esters (lactones) is 1. The van der Waals surface area contributed by atoms with Crippen molar-refractivity contribution in [3.05, 3.63) is 16.6 Å². The van der Waals surface area contributed by atoms with E-state index >= 15 is 0 Å². The first-order chi connectivity index (χ1) is 32.0. The lowest BCUT2D eigenvalue weighted by Crippen LogP contribution is -2.61. The monoisotopic (exact) mass is 988 g/mol. The minimum atomic E-state index is -1.95. The van der Waals surface area contributed by atoms with Gasteiger partial charge >= 0.3 is 5.97 Å².